The maximum Gasteiger partial charge on any atom is 0.321 e. The number of carboxylic acids is 1. The van der Waals surface area contributed by atoms with Crippen LogP contribution in [0.1, 0.15) is 32.6 Å². The van der Waals surface area contributed by atoms with Gasteiger partial charge in [-0.25, -0.2) is 13.2 Å². The molecule has 8 nitrogen and oxygen atoms in total. The van der Waals surface area contributed by atoms with E-state index in [1.54, 1.807) is 6.92 Å². The highest BCUT2D eigenvalue weighted by Crippen LogP contribution is 2.12. The molecule has 1 heterocycles. The summed E-state index contributed by atoms with van der Waals surface area (Å²) in [5, 5.41) is 13.1. The van der Waals surface area contributed by atoms with Gasteiger partial charge >= 0.3 is 12.0 Å². The van der Waals surface area contributed by atoms with E-state index in [2.05, 4.69) is 10.6 Å². The maximum absolute atomic E-state index is 11.6. The van der Waals surface area contributed by atoms with Crippen LogP contribution < -0.4 is 10.6 Å². The molecule has 0 aromatic carbocycles. The Kier molecular flexibility index (Phi) is 6.13. The second-order valence-electron chi connectivity index (χ2n) is 5.38. The molecule has 3 amide bonds. The Morgan fingerprint density at radius 2 is 1.95 bits per heavy atom. The lowest BCUT2D eigenvalue weighted by atomic mass is 10.0. The van der Waals surface area contributed by atoms with Gasteiger partial charge in [0, 0.05) is 18.9 Å². The van der Waals surface area contributed by atoms with Gasteiger partial charge in [0.05, 0.1) is 11.5 Å². The number of carbonyl (C=O) groups excluding carboxylic acids is 2. The van der Waals surface area contributed by atoms with Gasteiger partial charge in [0.25, 0.3) is 0 Å². The maximum atomic E-state index is 11.6. The average Bonchev–Trinajstić information content (AvgIpc) is 2.24. The van der Waals surface area contributed by atoms with Crippen molar-refractivity contribution in [2.24, 2.45) is 5.92 Å². The van der Waals surface area contributed by atoms with E-state index in [4.69, 9.17) is 5.11 Å². The summed E-state index contributed by atoms with van der Waals surface area (Å²) in [4.78, 5) is 33.6. The summed E-state index contributed by atoms with van der Waals surface area (Å²) in [7, 11) is -3.13. The lowest BCUT2D eigenvalue weighted by Crippen LogP contribution is -2.49. The third kappa shape index (κ3) is 7.07. The van der Waals surface area contributed by atoms with Crippen molar-refractivity contribution in [1.82, 2.24) is 10.6 Å². The Bertz CT molecular complexity index is 516. The van der Waals surface area contributed by atoms with Gasteiger partial charge in [-0.05, 0) is 18.8 Å². The second kappa shape index (κ2) is 7.39. The quantitative estimate of drug-likeness (QED) is 0.648. The van der Waals surface area contributed by atoms with E-state index in [1.807, 2.05) is 0 Å². The predicted octanol–water partition coefficient (Wildman–Crippen LogP) is -0.110. The summed E-state index contributed by atoms with van der Waals surface area (Å²) in [5.41, 5.74) is 0. The van der Waals surface area contributed by atoms with Gasteiger partial charge in [0.1, 0.15) is 0 Å². The van der Waals surface area contributed by atoms with Crippen molar-refractivity contribution in [3.05, 3.63) is 0 Å². The largest absolute Gasteiger partial charge is 0.481 e. The van der Waals surface area contributed by atoms with Gasteiger partial charge < -0.3 is 10.4 Å². The van der Waals surface area contributed by atoms with Crippen LogP contribution >= 0.6 is 0 Å². The van der Waals surface area contributed by atoms with Crippen molar-refractivity contribution in [1.29, 1.82) is 0 Å². The van der Waals surface area contributed by atoms with E-state index in [1.165, 1.54) is 0 Å². The fourth-order valence-electron chi connectivity index (χ4n) is 2.22. The average molecular weight is 320 g/mol. The first kappa shape index (κ1) is 17.4. The van der Waals surface area contributed by atoms with Crippen molar-refractivity contribution >= 4 is 27.7 Å². The standard InChI is InChI=1S/C12H20N2O6S/c1-8(6-11(16)17)5-10(15)14-12(18)13-9-3-2-4-21(19,20)7-9/h8-9H,2-7H2,1H3,(H,16,17)(H2,13,14,15,18). The molecular weight excluding hydrogens is 300 g/mol. The molecule has 0 radical (unpaired) electrons. The van der Waals surface area contributed by atoms with E-state index in [9.17, 15) is 22.8 Å². The topological polar surface area (TPSA) is 130 Å². The molecule has 0 saturated carbocycles. The number of rotatable bonds is 5. The first-order chi connectivity index (χ1) is 9.68. The van der Waals surface area contributed by atoms with Gasteiger partial charge in [-0.15, -0.1) is 0 Å². The molecule has 1 saturated heterocycles. The summed E-state index contributed by atoms with van der Waals surface area (Å²) < 4.78 is 22.8. The Hall–Kier alpha value is -1.64. The number of sulfone groups is 1. The predicted molar refractivity (Wildman–Crippen MR) is 74.4 cm³/mol. The van der Waals surface area contributed by atoms with Crippen molar-refractivity contribution in [2.45, 2.75) is 38.6 Å². The summed E-state index contributed by atoms with van der Waals surface area (Å²) in [6, 6.07) is -1.24. The van der Waals surface area contributed by atoms with Gasteiger partial charge in [-0.2, -0.15) is 0 Å². The fraction of sp³-hybridized carbons (Fsp3) is 0.750. The fourth-order valence-corrected chi connectivity index (χ4v) is 3.86. The number of hydrogen-bond donors (Lipinski definition) is 3. The number of imide groups is 1. The molecule has 1 fully saturated rings. The lowest BCUT2D eigenvalue weighted by Gasteiger charge is -2.23. The van der Waals surface area contributed by atoms with Crippen molar-refractivity contribution in [3.8, 4) is 0 Å². The third-order valence-corrected chi connectivity index (χ3v) is 4.93. The molecule has 1 rings (SSSR count). The number of amides is 3. The zero-order valence-corrected chi connectivity index (χ0v) is 12.6. The van der Waals surface area contributed by atoms with Crippen molar-refractivity contribution in [3.63, 3.8) is 0 Å². The summed E-state index contributed by atoms with van der Waals surface area (Å²) in [5.74, 6) is -1.97. The minimum absolute atomic E-state index is 0.0807. The Morgan fingerprint density at radius 3 is 2.52 bits per heavy atom. The van der Waals surface area contributed by atoms with Crippen LogP contribution in [0.15, 0.2) is 0 Å². The number of urea groups is 1. The van der Waals surface area contributed by atoms with E-state index in [0.29, 0.717) is 12.8 Å². The smallest absolute Gasteiger partial charge is 0.321 e. The number of carbonyl (C=O) groups is 3. The molecule has 1 aliphatic heterocycles. The zero-order valence-electron chi connectivity index (χ0n) is 11.8. The molecule has 1 aliphatic rings. The molecule has 0 aromatic heterocycles. The van der Waals surface area contributed by atoms with Crippen LogP contribution in [0.2, 0.25) is 0 Å². The molecule has 21 heavy (non-hydrogen) atoms. The molecule has 0 bridgehead atoms. The summed E-state index contributed by atoms with van der Waals surface area (Å²) in [6.07, 6.45) is 0.797. The normalized spacial score (nSPS) is 22.0. The number of nitrogens with one attached hydrogen (secondary N) is 2. The summed E-state index contributed by atoms with van der Waals surface area (Å²) >= 11 is 0. The van der Waals surface area contributed by atoms with Crippen LogP contribution in [-0.2, 0) is 19.4 Å². The molecule has 2 unspecified atom stereocenters. The Morgan fingerprint density at radius 1 is 1.29 bits per heavy atom. The van der Waals surface area contributed by atoms with Crippen LogP contribution in [0.4, 0.5) is 4.79 Å². The highest BCUT2D eigenvalue weighted by Gasteiger charge is 2.26. The van der Waals surface area contributed by atoms with Crippen LogP contribution in [-0.4, -0.2) is 49.0 Å². The third-order valence-electron chi connectivity index (χ3n) is 3.11. The zero-order chi connectivity index (χ0) is 16.0. The Labute approximate surface area is 123 Å². The molecule has 3 N–H and O–H groups in total. The number of carboxylic acid groups (broad SMARTS) is 1. The highest BCUT2D eigenvalue weighted by atomic mass is 32.2. The molecule has 9 heteroatoms. The molecule has 120 valence electrons. The van der Waals surface area contributed by atoms with Crippen LogP contribution in [0.5, 0.6) is 0 Å². The van der Waals surface area contributed by atoms with E-state index < -0.39 is 33.8 Å². The van der Waals surface area contributed by atoms with Crippen LogP contribution in [0, 0.1) is 5.92 Å². The molecule has 0 spiro atoms. The SMILES string of the molecule is CC(CC(=O)O)CC(=O)NC(=O)NC1CCCS(=O)(=O)C1. The minimum Gasteiger partial charge on any atom is -0.481 e. The minimum atomic E-state index is -3.13. The van der Waals surface area contributed by atoms with E-state index >= 15 is 0 Å². The lowest BCUT2D eigenvalue weighted by molar-refractivity contribution is -0.138. The van der Waals surface area contributed by atoms with Crippen LogP contribution in [0.25, 0.3) is 0 Å². The molecular formula is C12H20N2O6S. The summed E-state index contributed by atoms with van der Waals surface area (Å²) in [6.45, 7) is 1.60. The molecule has 0 aliphatic carbocycles. The van der Waals surface area contributed by atoms with Gasteiger partial charge in [-0.3, -0.25) is 14.9 Å². The molecule has 0 aromatic rings. The monoisotopic (exact) mass is 320 g/mol. The number of hydrogen-bond acceptors (Lipinski definition) is 5. The van der Waals surface area contributed by atoms with E-state index in [0.717, 1.165) is 0 Å². The highest BCUT2D eigenvalue weighted by molar-refractivity contribution is 7.91. The van der Waals surface area contributed by atoms with Gasteiger partial charge in [-0.1, -0.05) is 6.92 Å². The van der Waals surface area contributed by atoms with Gasteiger partial charge in [0.2, 0.25) is 5.91 Å². The van der Waals surface area contributed by atoms with Gasteiger partial charge in [0.15, 0.2) is 9.84 Å². The van der Waals surface area contributed by atoms with Crippen molar-refractivity contribution in [2.75, 3.05) is 11.5 Å². The first-order valence-electron chi connectivity index (χ1n) is 6.70. The second-order valence-corrected chi connectivity index (χ2v) is 7.61. The Balaban J connectivity index is 2.36. The molecule has 2 atom stereocenters. The van der Waals surface area contributed by atoms with E-state index in [-0.39, 0.29) is 30.3 Å². The first-order valence-corrected chi connectivity index (χ1v) is 8.52. The van der Waals surface area contributed by atoms with Crippen molar-refractivity contribution < 1.29 is 27.9 Å². The van der Waals surface area contributed by atoms with Crippen LogP contribution in [0.3, 0.4) is 0 Å². The number of aliphatic carboxylic acids is 1.